The van der Waals surface area contributed by atoms with E-state index < -0.39 is 21.9 Å². The number of nitrogens with zero attached hydrogens (tertiary/aromatic N) is 2. The van der Waals surface area contributed by atoms with Crippen LogP contribution in [-0.2, 0) is 26.9 Å². The molecule has 1 fully saturated rings. The molecule has 0 bridgehead atoms. The van der Waals surface area contributed by atoms with E-state index in [9.17, 15) is 13.2 Å². The molecule has 160 valence electrons. The van der Waals surface area contributed by atoms with Gasteiger partial charge in [-0.15, -0.1) is 0 Å². The van der Waals surface area contributed by atoms with Crippen LogP contribution in [0.4, 0.5) is 5.69 Å². The summed E-state index contributed by atoms with van der Waals surface area (Å²) in [5.74, 6) is -0.0400. The highest BCUT2D eigenvalue weighted by Gasteiger charge is 2.48. The summed E-state index contributed by atoms with van der Waals surface area (Å²) in [5, 5.41) is 5.99. The molecule has 11 heteroatoms. The number of methoxy groups -OCH3 is 1. The molecule has 2 aromatic rings. The van der Waals surface area contributed by atoms with Crippen LogP contribution >= 0.6 is 0 Å². The Bertz CT molecular complexity index is 1080. The molecule has 4 rings (SSSR count). The Hall–Kier alpha value is -2.57. The zero-order chi connectivity index (χ0) is 21.5. The monoisotopic (exact) mass is 433 g/mol. The van der Waals surface area contributed by atoms with Gasteiger partial charge in [0.15, 0.2) is 0 Å². The van der Waals surface area contributed by atoms with Crippen molar-refractivity contribution in [1.29, 1.82) is 0 Å². The predicted octanol–water partition coefficient (Wildman–Crippen LogP) is 0.175. The van der Waals surface area contributed by atoms with Crippen LogP contribution in [0.25, 0.3) is 0 Å². The number of hydrogen-bond donors (Lipinski definition) is 3. The molecule has 0 radical (unpaired) electrons. The summed E-state index contributed by atoms with van der Waals surface area (Å²) < 4.78 is 37.1. The average Bonchev–Trinajstić information content (AvgIpc) is 2.72. The molecule has 1 spiro atoms. The third-order valence-electron chi connectivity index (χ3n) is 5.38. The molecule has 0 saturated carbocycles. The van der Waals surface area contributed by atoms with Gasteiger partial charge in [0.05, 0.1) is 37.8 Å². The van der Waals surface area contributed by atoms with Crippen molar-refractivity contribution >= 4 is 21.6 Å². The highest BCUT2D eigenvalue weighted by atomic mass is 32.2. The average molecular weight is 433 g/mol. The lowest BCUT2D eigenvalue weighted by molar-refractivity contribution is 0.0264. The standard InChI is InChI=1S/C19H23N5O5S/c1-24-18(20)23-19(11-30(24,26)27)10-29-9-12-3-4-13(7-15(12)19)22-17(25)16-6-5-14(28-2)8-21-16/h3-8,18,23H,9-11,20H2,1-2H3,(H,22,25)/t18?,19-/m0/s1. The second-order valence-corrected chi connectivity index (χ2v) is 9.37. The van der Waals surface area contributed by atoms with Gasteiger partial charge in [0.25, 0.3) is 5.91 Å². The Balaban J connectivity index is 1.65. The predicted molar refractivity (Wildman–Crippen MR) is 109 cm³/mol. The lowest BCUT2D eigenvalue weighted by Crippen LogP contribution is -2.69. The van der Waals surface area contributed by atoms with Gasteiger partial charge in [-0.1, -0.05) is 6.07 Å². The first kappa shape index (κ1) is 20.7. The van der Waals surface area contributed by atoms with E-state index in [1.807, 2.05) is 6.07 Å². The van der Waals surface area contributed by atoms with Crippen LogP contribution in [0.1, 0.15) is 21.6 Å². The smallest absolute Gasteiger partial charge is 0.274 e. The number of pyridine rings is 1. The summed E-state index contributed by atoms with van der Waals surface area (Å²) in [6.45, 7) is 0.496. The van der Waals surface area contributed by atoms with Crippen LogP contribution in [0.15, 0.2) is 36.5 Å². The van der Waals surface area contributed by atoms with E-state index in [2.05, 4.69) is 15.6 Å². The minimum absolute atomic E-state index is 0.151. The number of benzene rings is 1. The summed E-state index contributed by atoms with van der Waals surface area (Å²) in [6.07, 6.45) is 0.572. The first-order valence-corrected chi connectivity index (χ1v) is 10.9. The molecule has 1 saturated heterocycles. The van der Waals surface area contributed by atoms with Gasteiger partial charge in [-0.05, 0) is 35.4 Å². The van der Waals surface area contributed by atoms with E-state index in [1.165, 1.54) is 20.4 Å². The molecule has 2 aliphatic heterocycles. The van der Waals surface area contributed by atoms with E-state index in [4.69, 9.17) is 15.2 Å². The fourth-order valence-corrected chi connectivity index (χ4v) is 5.26. The van der Waals surface area contributed by atoms with Crippen molar-refractivity contribution in [1.82, 2.24) is 14.6 Å². The van der Waals surface area contributed by atoms with Gasteiger partial charge >= 0.3 is 0 Å². The molecule has 1 unspecified atom stereocenters. The van der Waals surface area contributed by atoms with Crippen molar-refractivity contribution in [2.75, 3.05) is 31.8 Å². The normalized spacial score (nSPS) is 25.5. The number of amides is 1. The molecular formula is C19H23N5O5S. The number of ether oxygens (including phenoxy) is 2. The van der Waals surface area contributed by atoms with E-state index in [1.54, 1.807) is 24.3 Å². The SMILES string of the molecule is COc1ccc(C(=O)Nc2ccc3c(c2)[C@]2(COC3)CS(=O)(=O)N(C)C(N)N2)nc1. The summed E-state index contributed by atoms with van der Waals surface area (Å²) in [4.78, 5) is 16.7. The van der Waals surface area contributed by atoms with Gasteiger partial charge in [0, 0.05) is 12.7 Å². The number of anilines is 1. The molecule has 1 aromatic carbocycles. The lowest BCUT2D eigenvalue weighted by Gasteiger charge is -2.47. The van der Waals surface area contributed by atoms with Crippen molar-refractivity contribution in [3.63, 3.8) is 0 Å². The number of nitrogens with two attached hydrogens (primary N) is 1. The van der Waals surface area contributed by atoms with Crippen molar-refractivity contribution in [2.45, 2.75) is 18.4 Å². The number of hydrogen-bond acceptors (Lipinski definition) is 8. The molecule has 2 atom stereocenters. The van der Waals surface area contributed by atoms with Crippen molar-refractivity contribution in [3.05, 3.63) is 53.3 Å². The van der Waals surface area contributed by atoms with Crippen LogP contribution in [0.3, 0.4) is 0 Å². The topological polar surface area (TPSA) is 136 Å². The van der Waals surface area contributed by atoms with Gasteiger partial charge in [-0.2, -0.15) is 4.31 Å². The molecule has 2 aliphatic rings. The summed E-state index contributed by atoms with van der Waals surface area (Å²) in [6, 6.07) is 8.53. The second-order valence-electron chi connectivity index (χ2n) is 7.35. The van der Waals surface area contributed by atoms with E-state index >= 15 is 0 Å². The quantitative estimate of drug-likeness (QED) is 0.624. The molecule has 3 heterocycles. The first-order valence-electron chi connectivity index (χ1n) is 9.26. The summed E-state index contributed by atoms with van der Waals surface area (Å²) >= 11 is 0. The van der Waals surface area contributed by atoms with E-state index in [-0.39, 0.29) is 24.0 Å². The molecule has 10 nitrogen and oxygen atoms in total. The molecule has 4 N–H and O–H groups in total. The van der Waals surface area contributed by atoms with Crippen molar-refractivity contribution < 1.29 is 22.7 Å². The van der Waals surface area contributed by atoms with E-state index in [0.717, 1.165) is 15.4 Å². The fraction of sp³-hybridized carbons (Fsp3) is 0.368. The molecular weight excluding hydrogens is 410 g/mol. The fourth-order valence-electron chi connectivity index (χ4n) is 3.71. The molecule has 1 aromatic heterocycles. The van der Waals surface area contributed by atoms with Crippen molar-refractivity contribution in [3.8, 4) is 5.75 Å². The van der Waals surface area contributed by atoms with E-state index in [0.29, 0.717) is 18.0 Å². The maximum atomic E-state index is 12.6. The second kappa shape index (κ2) is 7.60. The van der Waals surface area contributed by atoms with Gasteiger partial charge in [-0.3, -0.25) is 10.1 Å². The zero-order valence-corrected chi connectivity index (χ0v) is 17.4. The Morgan fingerprint density at radius 1 is 1.40 bits per heavy atom. The number of carbonyl (C=O) groups is 1. The lowest BCUT2D eigenvalue weighted by atomic mass is 9.86. The van der Waals surface area contributed by atoms with Gasteiger partial charge in [0.2, 0.25) is 10.0 Å². The summed E-state index contributed by atoms with van der Waals surface area (Å²) in [7, 11) is -0.636. The Kier molecular flexibility index (Phi) is 5.24. The van der Waals surface area contributed by atoms with Gasteiger partial charge in [0.1, 0.15) is 17.7 Å². The van der Waals surface area contributed by atoms with Crippen LogP contribution < -0.4 is 21.1 Å². The maximum Gasteiger partial charge on any atom is 0.274 e. The van der Waals surface area contributed by atoms with Crippen LogP contribution in [-0.4, -0.2) is 56.4 Å². The minimum Gasteiger partial charge on any atom is -0.495 e. The van der Waals surface area contributed by atoms with Crippen molar-refractivity contribution in [2.24, 2.45) is 5.73 Å². The molecule has 0 aliphatic carbocycles. The third kappa shape index (κ3) is 3.66. The molecule has 1 amide bonds. The maximum absolute atomic E-state index is 12.6. The van der Waals surface area contributed by atoms with Crippen LogP contribution in [0.2, 0.25) is 0 Å². The number of nitrogens with one attached hydrogen (secondary N) is 2. The number of rotatable bonds is 3. The molecule has 30 heavy (non-hydrogen) atoms. The van der Waals surface area contributed by atoms with Crippen LogP contribution in [0.5, 0.6) is 5.75 Å². The van der Waals surface area contributed by atoms with Gasteiger partial charge in [-0.25, -0.2) is 13.4 Å². The highest BCUT2D eigenvalue weighted by molar-refractivity contribution is 7.89. The Labute approximate surface area is 174 Å². The van der Waals surface area contributed by atoms with Gasteiger partial charge < -0.3 is 20.5 Å². The largest absolute Gasteiger partial charge is 0.495 e. The first-order chi connectivity index (χ1) is 14.2. The number of sulfonamides is 1. The number of carbonyl (C=O) groups excluding carboxylic acids is 1. The van der Waals surface area contributed by atoms with Crippen LogP contribution in [0, 0.1) is 0 Å². The Morgan fingerprint density at radius 2 is 2.20 bits per heavy atom. The third-order valence-corrected chi connectivity index (χ3v) is 7.34. The Morgan fingerprint density at radius 3 is 2.87 bits per heavy atom. The zero-order valence-electron chi connectivity index (χ0n) is 16.6. The number of fused-ring (bicyclic) bond motifs is 2. The minimum atomic E-state index is -3.59. The highest BCUT2D eigenvalue weighted by Crippen LogP contribution is 2.36. The number of aromatic nitrogens is 1. The summed E-state index contributed by atoms with van der Waals surface area (Å²) in [5.41, 5.74) is 7.34.